The summed E-state index contributed by atoms with van der Waals surface area (Å²) in [5, 5.41) is 22.2. The molecule has 2 unspecified atom stereocenters. The van der Waals surface area contributed by atoms with E-state index in [0.29, 0.717) is 12.3 Å². The van der Waals surface area contributed by atoms with Crippen LogP contribution in [-0.4, -0.2) is 41.5 Å². The molecular formula is C13H21NO3S. The number of hydrogen-bond acceptors (Lipinski definition) is 5. The number of thioether (sulfide) groups is 1. The number of aliphatic hydroxyl groups excluding tert-OH is 1. The van der Waals surface area contributed by atoms with Crippen LogP contribution in [0.25, 0.3) is 0 Å². The van der Waals surface area contributed by atoms with Gasteiger partial charge in [0.1, 0.15) is 0 Å². The Bertz CT molecular complexity index is 369. The zero-order valence-electron chi connectivity index (χ0n) is 11.0. The molecule has 0 radical (unpaired) electrons. The lowest BCUT2D eigenvalue weighted by molar-refractivity contribution is 0.276. The van der Waals surface area contributed by atoms with Crippen molar-refractivity contribution in [2.45, 2.75) is 24.8 Å². The van der Waals surface area contributed by atoms with E-state index >= 15 is 0 Å². The molecule has 1 rings (SSSR count). The summed E-state index contributed by atoms with van der Waals surface area (Å²) in [5.41, 5.74) is 1.04. The molecule has 18 heavy (non-hydrogen) atoms. The third-order valence-electron chi connectivity index (χ3n) is 2.91. The monoisotopic (exact) mass is 271 g/mol. The van der Waals surface area contributed by atoms with Gasteiger partial charge < -0.3 is 20.3 Å². The van der Waals surface area contributed by atoms with Gasteiger partial charge >= 0.3 is 0 Å². The summed E-state index contributed by atoms with van der Waals surface area (Å²) in [6, 6.07) is 5.50. The maximum atomic E-state index is 9.49. The minimum Gasteiger partial charge on any atom is -0.504 e. The lowest BCUT2D eigenvalue weighted by atomic mass is 10.1. The maximum Gasteiger partial charge on any atom is 0.160 e. The summed E-state index contributed by atoms with van der Waals surface area (Å²) < 4.78 is 5.06. The second-order valence-electron chi connectivity index (χ2n) is 4.13. The van der Waals surface area contributed by atoms with Crippen LogP contribution in [0.2, 0.25) is 0 Å². The fourth-order valence-electron chi connectivity index (χ4n) is 1.68. The van der Waals surface area contributed by atoms with Gasteiger partial charge in [-0.2, -0.15) is 11.8 Å². The van der Waals surface area contributed by atoms with Crippen molar-refractivity contribution < 1.29 is 14.9 Å². The van der Waals surface area contributed by atoms with Crippen LogP contribution >= 0.6 is 11.8 Å². The molecule has 0 amide bonds. The van der Waals surface area contributed by atoms with Crippen LogP contribution in [0.4, 0.5) is 0 Å². The van der Waals surface area contributed by atoms with Crippen LogP contribution in [0.5, 0.6) is 11.5 Å². The summed E-state index contributed by atoms with van der Waals surface area (Å²) in [6.07, 6.45) is 1.99. The molecule has 4 nitrogen and oxygen atoms in total. The van der Waals surface area contributed by atoms with Crippen molar-refractivity contribution in [2.75, 3.05) is 20.0 Å². The van der Waals surface area contributed by atoms with Crippen molar-refractivity contribution in [3.05, 3.63) is 23.8 Å². The Kier molecular flexibility index (Phi) is 6.32. The molecular weight excluding hydrogens is 250 g/mol. The van der Waals surface area contributed by atoms with Gasteiger partial charge in [0.2, 0.25) is 0 Å². The zero-order chi connectivity index (χ0) is 13.5. The smallest absolute Gasteiger partial charge is 0.160 e. The van der Waals surface area contributed by atoms with Crippen LogP contribution < -0.4 is 10.1 Å². The largest absolute Gasteiger partial charge is 0.504 e. The lowest BCUT2D eigenvalue weighted by Gasteiger charge is -2.21. The Labute approximate surface area is 112 Å². The van der Waals surface area contributed by atoms with Crippen molar-refractivity contribution >= 4 is 11.8 Å². The lowest BCUT2D eigenvalue weighted by Crippen LogP contribution is -2.37. The van der Waals surface area contributed by atoms with E-state index < -0.39 is 0 Å². The first-order valence-corrected chi connectivity index (χ1v) is 7.14. The fraction of sp³-hybridized carbons (Fsp3) is 0.538. The molecule has 1 aromatic carbocycles. The number of hydrogen-bond donors (Lipinski definition) is 3. The van der Waals surface area contributed by atoms with Gasteiger partial charge in [0.05, 0.1) is 13.7 Å². The van der Waals surface area contributed by atoms with Gasteiger partial charge in [-0.15, -0.1) is 0 Å². The number of rotatable bonds is 7. The number of nitrogens with one attached hydrogen (secondary N) is 1. The topological polar surface area (TPSA) is 61.7 Å². The highest BCUT2D eigenvalue weighted by molar-refractivity contribution is 7.99. The van der Waals surface area contributed by atoms with E-state index in [4.69, 9.17) is 4.74 Å². The third-order valence-corrected chi connectivity index (χ3v) is 4.08. The van der Waals surface area contributed by atoms with Crippen LogP contribution in [0.3, 0.4) is 0 Å². The zero-order valence-corrected chi connectivity index (χ0v) is 11.8. The molecule has 0 aromatic heterocycles. The SMILES string of the molecule is COc1cc(CNC(C)C(CO)SC)ccc1O. The van der Waals surface area contributed by atoms with Gasteiger partial charge in [-0.1, -0.05) is 6.07 Å². The molecule has 0 fully saturated rings. The number of phenolic OH excluding ortho intramolecular Hbond substituents is 1. The summed E-state index contributed by atoms with van der Waals surface area (Å²) in [4.78, 5) is 0. The molecule has 0 saturated heterocycles. The summed E-state index contributed by atoms with van der Waals surface area (Å²) in [7, 11) is 1.53. The minimum absolute atomic E-state index is 0.145. The molecule has 3 N–H and O–H groups in total. The molecule has 0 spiro atoms. The Morgan fingerprint density at radius 1 is 1.44 bits per heavy atom. The van der Waals surface area contributed by atoms with Gasteiger partial charge in [0, 0.05) is 17.8 Å². The molecule has 0 heterocycles. The normalized spacial score (nSPS) is 14.2. The Hall–Kier alpha value is -0.910. The molecule has 0 aliphatic carbocycles. The van der Waals surface area contributed by atoms with Crippen LogP contribution in [0.1, 0.15) is 12.5 Å². The predicted octanol–water partition coefficient (Wildman–Crippen LogP) is 1.60. The maximum absolute atomic E-state index is 9.49. The average Bonchev–Trinajstić information content (AvgIpc) is 2.39. The first-order valence-electron chi connectivity index (χ1n) is 5.85. The number of aromatic hydroxyl groups is 1. The van der Waals surface area contributed by atoms with Crippen molar-refractivity contribution in [3.8, 4) is 11.5 Å². The second-order valence-corrected chi connectivity index (χ2v) is 5.21. The fourth-order valence-corrected chi connectivity index (χ4v) is 2.33. The molecule has 5 heteroatoms. The second kappa shape index (κ2) is 7.51. The number of aliphatic hydroxyl groups is 1. The number of benzene rings is 1. The van der Waals surface area contributed by atoms with Crippen LogP contribution in [0, 0.1) is 0 Å². The molecule has 2 atom stereocenters. The number of phenols is 1. The Morgan fingerprint density at radius 2 is 2.17 bits per heavy atom. The van der Waals surface area contributed by atoms with Gasteiger partial charge in [0.25, 0.3) is 0 Å². The molecule has 0 bridgehead atoms. The first kappa shape index (κ1) is 15.1. The van der Waals surface area contributed by atoms with E-state index in [9.17, 15) is 10.2 Å². The summed E-state index contributed by atoms with van der Waals surface area (Å²) in [5.74, 6) is 0.622. The van der Waals surface area contributed by atoms with Crippen molar-refractivity contribution in [2.24, 2.45) is 0 Å². The van der Waals surface area contributed by atoms with Crippen LogP contribution in [-0.2, 0) is 6.54 Å². The highest BCUT2D eigenvalue weighted by Gasteiger charge is 2.14. The summed E-state index contributed by atoms with van der Waals surface area (Å²) in [6.45, 7) is 2.89. The van der Waals surface area contributed by atoms with Gasteiger partial charge in [-0.3, -0.25) is 0 Å². The molecule has 0 aliphatic heterocycles. The van der Waals surface area contributed by atoms with E-state index in [0.717, 1.165) is 5.56 Å². The van der Waals surface area contributed by atoms with Gasteiger partial charge in [0.15, 0.2) is 11.5 Å². The molecule has 102 valence electrons. The Morgan fingerprint density at radius 3 is 2.72 bits per heavy atom. The highest BCUT2D eigenvalue weighted by Crippen LogP contribution is 2.26. The van der Waals surface area contributed by atoms with E-state index in [2.05, 4.69) is 12.2 Å². The van der Waals surface area contributed by atoms with E-state index in [1.165, 1.54) is 7.11 Å². The van der Waals surface area contributed by atoms with Crippen LogP contribution in [0.15, 0.2) is 18.2 Å². The number of ether oxygens (including phenoxy) is 1. The minimum atomic E-state index is 0.145. The Balaban J connectivity index is 2.58. The van der Waals surface area contributed by atoms with E-state index in [-0.39, 0.29) is 23.6 Å². The first-order chi connectivity index (χ1) is 8.62. The number of methoxy groups -OCH3 is 1. The average molecular weight is 271 g/mol. The van der Waals surface area contributed by atoms with Gasteiger partial charge in [-0.05, 0) is 30.9 Å². The van der Waals surface area contributed by atoms with Crippen molar-refractivity contribution in [3.63, 3.8) is 0 Å². The van der Waals surface area contributed by atoms with Crippen molar-refractivity contribution in [1.29, 1.82) is 0 Å². The standard InChI is InChI=1S/C13H21NO3S/c1-9(13(8-15)18-3)14-7-10-4-5-11(16)12(6-10)17-2/h4-6,9,13-16H,7-8H2,1-3H3. The summed E-state index contributed by atoms with van der Waals surface area (Å²) >= 11 is 1.65. The highest BCUT2D eigenvalue weighted by atomic mass is 32.2. The van der Waals surface area contributed by atoms with E-state index in [1.807, 2.05) is 18.4 Å². The predicted molar refractivity (Wildman–Crippen MR) is 75.3 cm³/mol. The van der Waals surface area contributed by atoms with E-state index in [1.54, 1.807) is 17.8 Å². The molecule has 0 saturated carbocycles. The molecule has 0 aliphatic rings. The van der Waals surface area contributed by atoms with Gasteiger partial charge in [-0.25, -0.2) is 0 Å². The van der Waals surface area contributed by atoms with Crippen molar-refractivity contribution in [1.82, 2.24) is 5.32 Å². The molecule has 1 aromatic rings. The quantitative estimate of drug-likeness (QED) is 0.703. The third kappa shape index (κ3) is 4.08.